The van der Waals surface area contributed by atoms with E-state index in [-0.39, 0.29) is 16.4 Å². The van der Waals surface area contributed by atoms with Crippen LogP contribution >= 0.6 is 12.2 Å². The molecule has 0 unspecified atom stereocenters. The van der Waals surface area contributed by atoms with Gasteiger partial charge in [-0.1, -0.05) is 6.07 Å². The third-order valence-corrected chi connectivity index (χ3v) is 4.72. The summed E-state index contributed by atoms with van der Waals surface area (Å²) in [7, 11) is 0. The average molecular weight is 420 g/mol. The molecule has 0 radical (unpaired) electrons. The predicted molar refractivity (Wildman–Crippen MR) is 111 cm³/mol. The minimum Gasteiger partial charge on any atom is -0.490 e. The summed E-state index contributed by atoms with van der Waals surface area (Å²) in [6.07, 6.45) is 0.419. The zero-order chi connectivity index (χ0) is 21.7. The number of likely N-dealkylation sites (N-methyl/N-ethyl adjacent to an activating group) is 2. The molecule has 0 spiro atoms. The van der Waals surface area contributed by atoms with Gasteiger partial charge >= 0.3 is 5.97 Å². The quantitative estimate of drug-likeness (QED) is 0.392. The van der Waals surface area contributed by atoms with Gasteiger partial charge < -0.3 is 14.6 Å². The molecule has 1 N–H and O–H groups in total. The van der Waals surface area contributed by atoms with Gasteiger partial charge in [-0.2, -0.15) is 0 Å². The fraction of sp³-hybridized carbons (Fsp3) is 0.400. The number of thiocarbonyl (C=S) groups is 1. The molecule has 1 saturated heterocycles. The van der Waals surface area contributed by atoms with Gasteiger partial charge in [-0.25, -0.2) is 4.79 Å². The van der Waals surface area contributed by atoms with Gasteiger partial charge in [0.25, 0.3) is 11.8 Å². The van der Waals surface area contributed by atoms with Crippen molar-refractivity contribution >= 4 is 41.2 Å². The van der Waals surface area contributed by atoms with Crippen LogP contribution in [0.4, 0.5) is 0 Å². The van der Waals surface area contributed by atoms with E-state index in [2.05, 4.69) is 0 Å². The standard InChI is InChI=1S/C20H24N2O6S/c1-5-21-17(23)14(18(24)22(6-2)20(21)29)10-13-8-9-15(16(11-13)27-7-3)28-12(4)19(25)26/h8-12H,5-7H2,1-4H3,(H,25,26)/t12-/m0/s1. The highest BCUT2D eigenvalue weighted by Crippen LogP contribution is 2.31. The number of hydrogen-bond acceptors (Lipinski definition) is 6. The number of amides is 2. The summed E-state index contributed by atoms with van der Waals surface area (Å²) in [4.78, 5) is 39.3. The average Bonchev–Trinajstić information content (AvgIpc) is 2.68. The van der Waals surface area contributed by atoms with Crippen LogP contribution in [0.2, 0.25) is 0 Å². The van der Waals surface area contributed by atoms with E-state index in [1.165, 1.54) is 22.8 Å². The Balaban J connectivity index is 2.44. The molecule has 2 amide bonds. The van der Waals surface area contributed by atoms with Gasteiger partial charge in [-0.15, -0.1) is 0 Å². The zero-order valence-corrected chi connectivity index (χ0v) is 17.6. The predicted octanol–water partition coefficient (Wildman–Crippen LogP) is 2.32. The molecule has 9 heteroatoms. The van der Waals surface area contributed by atoms with E-state index in [0.29, 0.717) is 31.0 Å². The largest absolute Gasteiger partial charge is 0.490 e. The molecule has 29 heavy (non-hydrogen) atoms. The van der Waals surface area contributed by atoms with Crippen LogP contribution in [0.25, 0.3) is 6.08 Å². The lowest BCUT2D eigenvalue weighted by Crippen LogP contribution is -2.55. The highest BCUT2D eigenvalue weighted by Gasteiger charge is 2.37. The van der Waals surface area contributed by atoms with Crippen LogP contribution in [0.1, 0.15) is 33.3 Å². The summed E-state index contributed by atoms with van der Waals surface area (Å²) >= 11 is 5.25. The molecule has 0 aliphatic carbocycles. The Morgan fingerprint density at radius 2 is 1.72 bits per heavy atom. The molecule has 1 aliphatic heterocycles. The minimum absolute atomic E-state index is 0.00248. The number of carbonyl (C=O) groups is 3. The Labute approximate surface area is 174 Å². The van der Waals surface area contributed by atoms with E-state index in [1.807, 2.05) is 0 Å². The lowest BCUT2D eigenvalue weighted by atomic mass is 10.1. The number of aliphatic carboxylic acids is 1. The smallest absolute Gasteiger partial charge is 0.344 e. The number of nitrogens with zero attached hydrogens (tertiary/aromatic N) is 2. The molecule has 1 fully saturated rings. The molecule has 1 aromatic carbocycles. The summed E-state index contributed by atoms with van der Waals surface area (Å²) in [5.74, 6) is -1.43. The second-order valence-corrected chi connectivity index (χ2v) is 6.54. The molecule has 1 aliphatic rings. The lowest BCUT2D eigenvalue weighted by molar-refractivity contribution is -0.144. The van der Waals surface area contributed by atoms with Crippen LogP contribution < -0.4 is 9.47 Å². The van der Waals surface area contributed by atoms with Crippen LogP contribution in [0.5, 0.6) is 11.5 Å². The topological polar surface area (TPSA) is 96.4 Å². The molecule has 2 rings (SSSR count). The van der Waals surface area contributed by atoms with E-state index in [0.717, 1.165) is 0 Å². The third kappa shape index (κ3) is 4.73. The van der Waals surface area contributed by atoms with Crippen LogP contribution in [0.3, 0.4) is 0 Å². The molecule has 1 heterocycles. The van der Waals surface area contributed by atoms with Crippen LogP contribution in [-0.4, -0.2) is 63.6 Å². The van der Waals surface area contributed by atoms with Gasteiger partial charge in [0.2, 0.25) is 0 Å². The van der Waals surface area contributed by atoms with E-state index >= 15 is 0 Å². The summed E-state index contributed by atoms with van der Waals surface area (Å²) in [6, 6.07) is 4.77. The van der Waals surface area contributed by atoms with Crippen molar-refractivity contribution < 1.29 is 29.0 Å². The fourth-order valence-electron chi connectivity index (χ4n) is 2.77. The van der Waals surface area contributed by atoms with Gasteiger partial charge in [0.15, 0.2) is 22.7 Å². The Hall–Kier alpha value is -2.94. The number of ether oxygens (including phenoxy) is 2. The van der Waals surface area contributed by atoms with Crippen molar-refractivity contribution in [2.24, 2.45) is 0 Å². The van der Waals surface area contributed by atoms with Crippen LogP contribution in [0, 0.1) is 0 Å². The van der Waals surface area contributed by atoms with E-state index in [4.69, 9.17) is 26.8 Å². The third-order valence-electron chi connectivity index (χ3n) is 4.28. The van der Waals surface area contributed by atoms with Crippen molar-refractivity contribution in [2.75, 3.05) is 19.7 Å². The Morgan fingerprint density at radius 3 is 2.21 bits per heavy atom. The zero-order valence-electron chi connectivity index (χ0n) is 16.8. The van der Waals surface area contributed by atoms with Crippen LogP contribution in [-0.2, 0) is 14.4 Å². The van der Waals surface area contributed by atoms with E-state index < -0.39 is 23.9 Å². The number of benzene rings is 1. The summed E-state index contributed by atoms with van der Waals surface area (Å²) in [5, 5.41) is 9.24. The summed E-state index contributed by atoms with van der Waals surface area (Å²) in [6.45, 7) is 7.80. The number of rotatable bonds is 8. The second-order valence-electron chi connectivity index (χ2n) is 6.18. The molecule has 0 aromatic heterocycles. The Morgan fingerprint density at radius 1 is 1.14 bits per heavy atom. The maximum Gasteiger partial charge on any atom is 0.344 e. The number of carboxylic acids is 1. The maximum absolute atomic E-state index is 12.7. The first-order valence-electron chi connectivity index (χ1n) is 9.30. The molecular formula is C20H24N2O6S. The first-order valence-corrected chi connectivity index (χ1v) is 9.71. The van der Waals surface area contributed by atoms with Crippen molar-refractivity contribution in [3.63, 3.8) is 0 Å². The van der Waals surface area contributed by atoms with Gasteiger partial charge in [0.05, 0.1) is 6.61 Å². The number of hydrogen-bond donors (Lipinski definition) is 1. The highest BCUT2D eigenvalue weighted by molar-refractivity contribution is 7.80. The summed E-state index contributed by atoms with van der Waals surface area (Å²) < 4.78 is 11.0. The molecule has 156 valence electrons. The molecule has 0 bridgehead atoms. The maximum atomic E-state index is 12.7. The minimum atomic E-state index is -1.10. The Kier molecular flexibility index (Phi) is 7.33. The van der Waals surface area contributed by atoms with Crippen molar-refractivity contribution in [3.05, 3.63) is 29.3 Å². The van der Waals surface area contributed by atoms with Crippen molar-refractivity contribution in [3.8, 4) is 11.5 Å². The molecule has 8 nitrogen and oxygen atoms in total. The lowest BCUT2D eigenvalue weighted by Gasteiger charge is -2.35. The van der Waals surface area contributed by atoms with Crippen molar-refractivity contribution in [1.82, 2.24) is 9.80 Å². The Bertz CT molecular complexity index is 839. The normalized spacial score (nSPS) is 15.4. The van der Waals surface area contributed by atoms with E-state index in [1.54, 1.807) is 39.0 Å². The monoisotopic (exact) mass is 420 g/mol. The number of carbonyl (C=O) groups excluding carboxylic acids is 2. The first-order chi connectivity index (χ1) is 13.7. The van der Waals surface area contributed by atoms with Gasteiger partial charge in [0.1, 0.15) is 5.57 Å². The second kappa shape index (κ2) is 9.51. The van der Waals surface area contributed by atoms with Crippen LogP contribution in [0.15, 0.2) is 23.8 Å². The fourth-order valence-corrected chi connectivity index (χ4v) is 3.19. The summed E-state index contributed by atoms with van der Waals surface area (Å²) in [5.41, 5.74) is 0.540. The molecule has 0 saturated carbocycles. The van der Waals surface area contributed by atoms with Crippen molar-refractivity contribution in [2.45, 2.75) is 33.8 Å². The van der Waals surface area contributed by atoms with Gasteiger partial charge in [-0.05, 0) is 63.7 Å². The first kappa shape index (κ1) is 22.4. The van der Waals surface area contributed by atoms with Gasteiger partial charge in [-0.3, -0.25) is 19.4 Å². The van der Waals surface area contributed by atoms with Crippen molar-refractivity contribution in [1.29, 1.82) is 0 Å². The SMILES string of the molecule is CCOc1cc(C=C2C(=O)N(CC)C(=S)N(CC)C2=O)ccc1O[C@@H](C)C(=O)O. The molecule has 1 atom stereocenters. The van der Waals surface area contributed by atoms with Gasteiger partial charge in [0, 0.05) is 13.1 Å². The number of carboxylic acid groups (broad SMARTS) is 1. The van der Waals surface area contributed by atoms with E-state index in [9.17, 15) is 14.4 Å². The molecular weight excluding hydrogens is 396 g/mol. The highest BCUT2D eigenvalue weighted by atomic mass is 32.1. The molecule has 1 aromatic rings.